The van der Waals surface area contributed by atoms with Gasteiger partial charge in [0, 0.05) is 5.69 Å². The van der Waals surface area contributed by atoms with Crippen LogP contribution in [0.2, 0.25) is 0 Å². The van der Waals surface area contributed by atoms with Gasteiger partial charge in [-0.2, -0.15) is 0 Å². The van der Waals surface area contributed by atoms with Crippen molar-refractivity contribution < 1.29 is 9.18 Å². The highest BCUT2D eigenvalue weighted by Gasteiger charge is 2.36. The van der Waals surface area contributed by atoms with Gasteiger partial charge in [-0.3, -0.25) is 4.79 Å². The van der Waals surface area contributed by atoms with Crippen LogP contribution in [0.4, 0.5) is 10.1 Å². The molecule has 25 heavy (non-hydrogen) atoms. The van der Waals surface area contributed by atoms with Crippen molar-refractivity contribution in [3.05, 3.63) is 101 Å². The molecule has 1 heterocycles. The number of carbonyl (C=O) groups excluding carboxylic acids is 1. The van der Waals surface area contributed by atoms with Crippen LogP contribution in [-0.4, -0.2) is 5.91 Å². The first-order valence-corrected chi connectivity index (χ1v) is 8.41. The average molecular weight is 331 g/mol. The molecule has 1 amide bonds. The lowest BCUT2D eigenvalue weighted by Gasteiger charge is -2.18. The van der Waals surface area contributed by atoms with E-state index in [4.69, 9.17) is 0 Å². The molecule has 0 bridgehead atoms. The molecular formula is C22H18FNO. The summed E-state index contributed by atoms with van der Waals surface area (Å²) in [5.41, 5.74) is 3.91. The zero-order valence-electron chi connectivity index (χ0n) is 13.7. The number of benzene rings is 3. The molecule has 0 saturated heterocycles. The van der Waals surface area contributed by atoms with E-state index in [0.717, 1.165) is 22.4 Å². The van der Waals surface area contributed by atoms with Crippen LogP contribution >= 0.6 is 0 Å². The van der Waals surface area contributed by atoms with E-state index in [-0.39, 0.29) is 17.6 Å². The first kappa shape index (κ1) is 15.6. The fourth-order valence-electron chi connectivity index (χ4n) is 3.50. The molecule has 0 N–H and O–H groups in total. The Labute approximate surface area is 146 Å². The van der Waals surface area contributed by atoms with E-state index < -0.39 is 0 Å². The number of para-hydroxylation sites is 1. The van der Waals surface area contributed by atoms with E-state index in [0.29, 0.717) is 13.0 Å². The molecule has 4 rings (SSSR count). The molecule has 0 saturated carbocycles. The number of halogens is 1. The fourth-order valence-corrected chi connectivity index (χ4v) is 3.50. The molecule has 0 aliphatic carbocycles. The number of nitrogens with zero attached hydrogens (tertiary/aromatic N) is 1. The van der Waals surface area contributed by atoms with Crippen LogP contribution in [0.15, 0.2) is 78.9 Å². The fraction of sp³-hybridized carbons (Fsp3) is 0.136. The van der Waals surface area contributed by atoms with Gasteiger partial charge in [0.05, 0.1) is 12.5 Å². The van der Waals surface area contributed by atoms with Gasteiger partial charge in [-0.25, -0.2) is 4.39 Å². The minimum absolute atomic E-state index is 0.0781. The molecule has 124 valence electrons. The van der Waals surface area contributed by atoms with Crippen molar-refractivity contribution in [2.45, 2.75) is 18.9 Å². The Bertz CT molecular complexity index is 907. The Hall–Kier alpha value is -2.94. The van der Waals surface area contributed by atoms with E-state index in [1.807, 2.05) is 60.7 Å². The predicted molar refractivity (Wildman–Crippen MR) is 96.9 cm³/mol. The van der Waals surface area contributed by atoms with Crippen molar-refractivity contribution in [1.82, 2.24) is 0 Å². The maximum absolute atomic E-state index is 13.5. The minimum atomic E-state index is -0.279. The third-order valence-corrected chi connectivity index (χ3v) is 4.68. The number of carbonyl (C=O) groups is 1. The number of rotatable bonds is 4. The number of anilines is 1. The molecular weight excluding hydrogens is 313 g/mol. The van der Waals surface area contributed by atoms with Crippen LogP contribution in [-0.2, 0) is 17.8 Å². The normalized spacial score (nSPS) is 16.1. The van der Waals surface area contributed by atoms with Crippen LogP contribution in [0.25, 0.3) is 0 Å². The molecule has 3 aromatic carbocycles. The molecule has 0 aromatic heterocycles. The SMILES string of the molecule is O=C1C(Cc2ccccc2)c2ccccc2N1Cc1cccc(F)c1. The highest BCUT2D eigenvalue weighted by molar-refractivity contribution is 6.05. The van der Waals surface area contributed by atoms with Gasteiger partial charge < -0.3 is 4.90 Å². The van der Waals surface area contributed by atoms with E-state index in [9.17, 15) is 9.18 Å². The van der Waals surface area contributed by atoms with Crippen molar-refractivity contribution in [2.75, 3.05) is 4.90 Å². The Morgan fingerprint density at radius 1 is 0.840 bits per heavy atom. The molecule has 0 fully saturated rings. The van der Waals surface area contributed by atoms with Gasteiger partial charge in [-0.15, -0.1) is 0 Å². The highest BCUT2D eigenvalue weighted by Crippen LogP contribution is 2.39. The van der Waals surface area contributed by atoms with Crippen LogP contribution in [0.1, 0.15) is 22.6 Å². The summed E-state index contributed by atoms with van der Waals surface area (Å²) in [5.74, 6) is -0.389. The predicted octanol–water partition coefficient (Wildman–Crippen LogP) is 4.70. The molecule has 1 aliphatic heterocycles. The summed E-state index contributed by atoms with van der Waals surface area (Å²) >= 11 is 0. The maximum atomic E-state index is 13.5. The molecule has 1 aliphatic rings. The summed E-state index contributed by atoms with van der Waals surface area (Å²) in [7, 11) is 0. The quantitative estimate of drug-likeness (QED) is 0.679. The van der Waals surface area contributed by atoms with Gasteiger partial charge in [0.25, 0.3) is 0 Å². The summed E-state index contributed by atoms with van der Waals surface area (Å²) in [4.78, 5) is 14.9. The molecule has 3 aromatic rings. The monoisotopic (exact) mass is 331 g/mol. The average Bonchev–Trinajstić information content (AvgIpc) is 2.89. The Kier molecular flexibility index (Phi) is 4.06. The lowest BCUT2D eigenvalue weighted by atomic mass is 9.93. The largest absolute Gasteiger partial charge is 0.307 e. The molecule has 0 spiro atoms. The number of hydrogen-bond acceptors (Lipinski definition) is 1. The second-order valence-corrected chi connectivity index (χ2v) is 6.36. The van der Waals surface area contributed by atoms with Gasteiger partial charge in [-0.1, -0.05) is 60.7 Å². The standard InChI is InChI=1S/C22H18FNO/c23-18-10-6-9-17(13-18)15-24-21-12-5-4-11-19(21)20(22(24)25)14-16-7-2-1-3-8-16/h1-13,20H,14-15H2. The van der Waals surface area contributed by atoms with Gasteiger partial charge in [0.2, 0.25) is 5.91 Å². The van der Waals surface area contributed by atoms with E-state index in [1.54, 1.807) is 11.0 Å². The molecule has 1 unspecified atom stereocenters. The summed E-state index contributed by atoms with van der Waals surface area (Å²) in [5, 5.41) is 0. The summed E-state index contributed by atoms with van der Waals surface area (Å²) in [6.07, 6.45) is 0.677. The van der Waals surface area contributed by atoms with Crippen LogP contribution in [0.3, 0.4) is 0 Å². The smallest absolute Gasteiger partial charge is 0.235 e. The van der Waals surface area contributed by atoms with Crippen LogP contribution in [0, 0.1) is 5.82 Å². The molecule has 0 radical (unpaired) electrons. The number of fused-ring (bicyclic) bond motifs is 1. The van der Waals surface area contributed by atoms with Gasteiger partial charge in [-0.05, 0) is 41.3 Å². The van der Waals surface area contributed by atoms with Gasteiger partial charge in [0.15, 0.2) is 0 Å². The Morgan fingerprint density at radius 3 is 2.36 bits per heavy atom. The number of amides is 1. The minimum Gasteiger partial charge on any atom is -0.307 e. The van der Waals surface area contributed by atoms with E-state index in [1.165, 1.54) is 12.1 Å². The molecule has 2 nitrogen and oxygen atoms in total. The lowest BCUT2D eigenvalue weighted by Crippen LogP contribution is -2.29. The summed E-state index contributed by atoms with van der Waals surface area (Å²) in [6.45, 7) is 0.388. The third-order valence-electron chi connectivity index (χ3n) is 4.68. The third kappa shape index (κ3) is 3.05. The van der Waals surface area contributed by atoms with Crippen LogP contribution in [0.5, 0.6) is 0 Å². The van der Waals surface area contributed by atoms with Gasteiger partial charge in [0.1, 0.15) is 5.82 Å². The lowest BCUT2D eigenvalue weighted by molar-refractivity contribution is -0.119. The summed E-state index contributed by atoms with van der Waals surface area (Å²) < 4.78 is 13.5. The van der Waals surface area contributed by atoms with Crippen molar-refractivity contribution in [3.63, 3.8) is 0 Å². The topological polar surface area (TPSA) is 20.3 Å². The second kappa shape index (κ2) is 6.52. The molecule has 3 heteroatoms. The van der Waals surface area contributed by atoms with E-state index >= 15 is 0 Å². The first-order chi connectivity index (χ1) is 12.2. The van der Waals surface area contributed by atoms with Crippen molar-refractivity contribution in [2.24, 2.45) is 0 Å². The first-order valence-electron chi connectivity index (χ1n) is 8.41. The van der Waals surface area contributed by atoms with Crippen molar-refractivity contribution >= 4 is 11.6 Å². The van der Waals surface area contributed by atoms with E-state index in [2.05, 4.69) is 0 Å². The number of hydrogen-bond donors (Lipinski definition) is 0. The highest BCUT2D eigenvalue weighted by atomic mass is 19.1. The maximum Gasteiger partial charge on any atom is 0.235 e. The van der Waals surface area contributed by atoms with Crippen molar-refractivity contribution in [1.29, 1.82) is 0 Å². The zero-order valence-corrected chi connectivity index (χ0v) is 13.7. The molecule has 1 atom stereocenters. The van der Waals surface area contributed by atoms with Gasteiger partial charge >= 0.3 is 0 Å². The van der Waals surface area contributed by atoms with Crippen LogP contribution < -0.4 is 4.90 Å². The Morgan fingerprint density at radius 2 is 1.56 bits per heavy atom. The zero-order chi connectivity index (χ0) is 17.2. The second-order valence-electron chi connectivity index (χ2n) is 6.36. The Balaban J connectivity index is 1.66. The summed E-state index contributed by atoms with van der Waals surface area (Å²) in [6, 6.07) is 24.4. The van der Waals surface area contributed by atoms with Crippen molar-refractivity contribution in [3.8, 4) is 0 Å².